The van der Waals surface area contributed by atoms with Gasteiger partial charge >= 0.3 is 5.97 Å². The van der Waals surface area contributed by atoms with E-state index in [1.54, 1.807) is 11.8 Å². The van der Waals surface area contributed by atoms with Crippen molar-refractivity contribution in [3.63, 3.8) is 0 Å². The average molecular weight is 362 g/mol. The van der Waals surface area contributed by atoms with Gasteiger partial charge in [-0.1, -0.05) is 12.1 Å². The van der Waals surface area contributed by atoms with Crippen molar-refractivity contribution >= 4 is 17.8 Å². The van der Waals surface area contributed by atoms with E-state index in [4.69, 9.17) is 9.84 Å². The van der Waals surface area contributed by atoms with Crippen molar-refractivity contribution in [1.82, 2.24) is 10.2 Å². The molecule has 0 bridgehead atoms. The van der Waals surface area contributed by atoms with Gasteiger partial charge in [-0.15, -0.1) is 0 Å². The molecule has 2 amide bonds. The van der Waals surface area contributed by atoms with Crippen LogP contribution < -0.4 is 10.1 Å². The lowest BCUT2D eigenvalue weighted by molar-refractivity contribution is -0.137. The van der Waals surface area contributed by atoms with Gasteiger partial charge in [-0.05, 0) is 37.0 Å². The Morgan fingerprint density at radius 3 is 2.42 bits per heavy atom. The van der Waals surface area contributed by atoms with Crippen molar-refractivity contribution in [1.29, 1.82) is 0 Å². The van der Waals surface area contributed by atoms with Crippen molar-refractivity contribution < 1.29 is 24.2 Å². The van der Waals surface area contributed by atoms with E-state index < -0.39 is 5.97 Å². The summed E-state index contributed by atoms with van der Waals surface area (Å²) in [6, 6.07) is 7.39. The van der Waals surface area contributed by atoms with Crippen molar-refractivity contribution in [3.05, 3.63) is 29.8 Å². The van der Waals surface area contributed by atoms with E-state index in [9.17, 15) is 14.4 Å². The van der Waals surface area contributed by atoms with Crippen LogP contribution in [0.25, 0.3) is 0 Å². The minimum atomic E-state index is -0.827. The van der Waals surface area contributed by atoms with Gasteiger partial charge in [-0.25, -0.2) is 0 Å². The van der Waals surface area contributed by atoms with Gasteiger partial charge in [0.2, 0.25) is 11.8 Å². The standard InChI is InChI=1S/C19H26N2O5/c1-14(22)21-10-8-16(9-11-21)19(25)20-13-15-4-6-17(7-5-15)26-12-2-3-18(23)24/h4-7,16H,2-3,8-13H2,1H3,(H,20,25)(H,23,24). The summed E-state index contributed by atoms with van der Waals surface area (Å²) in [5, 5.41) is 11.5. The molecule has 0 aromatic heterocycles. The maximum absolute atomic E-state index is 12.3. The SMILES string of the molecule is CC(=O)N1CCC(C(=O)NCc2ccc(OCCCC(=O)O)cc2)CC1. The van der Waals surface area contributed by atoms with Crippen LogP contribution in [0.2, 0.25) is 0 Å². The van der Waals surface area contributed by atoms with E-state index in [2.05, 4.69) is 5.32 Å². The molecule has 0 atom stereocenters. The van der Waals surface area contributed by atoms with Crippen LogP contribution in [-0.2, 0) is 20.9 Å². The highest BCUT2D eigenvalue weighted by Gasteiger charge is 2.25. The first-order valence-electron chi connectivity index (χ1n) is 8.92. The number of nitrogens with zero attached hydrogens (tertiary/aromatic N) is 1. The molecule has 1 aromatic rings. The number of aliphatic carboxylic acids is 1. The molecular formula is C19H26N2O5. The molecule has 1 aliphatic heterocycles. The number of benzene rings is 1. The molecule has 0 radical (unpaired) electrons. The Labute approximate surface area is 153 Å². The van der Waals surface area contributed by atoms with Gasteiger partial charge in [-0.3, -0.25) is 14.4 Å². The number of amides is 2. The number of carbonyl (C=O) groups is 3. The number of carbonyl (C=O) groups excluding carboxylic acids is 2. The highest BCUT2D eigenvalue weighted by molar-refractivity contribution is 5.79. The van der Waals surface area contributed by atoms with Gasteiger partial charge in [0.25, 0.3) is 0 Å². The maximum atomic E-state index is 12.3. The molecule has 2 rings (SSSR count). The second kappa shape index (κ2) is 9.79. The van der Waals surface area contributed by atoms with E-state index in [1.165, 1.54) is 0 Å². The fraction of sp³-hybridized carbons (Fsp3) is 0.526. The Balaban J connectivity index is 1.69. The molecule has 26 heavy (non-hydrogen) atoms. The van der Waals surface area contributed by atoms with Gasteiger partial charge in [0.15, 0.2) is 0 Å². The number of piperidine rings is 1. The Hall–Kier alpha value is -2.57. The second-order valence-corrected chi connectivity index (χ2v) is 6.49. The topological polar surface area (TPSA) is 95.9 Å². The summed E-state index contributed by atoms with van der Waals surface area (Å²) >= 11 is 0. The molecule has 2 N–H and O–H groups in total. The van der Waals surface area contributed by atoms with Crippen molar-refractivity contribution in [2.45, 2.75) is 39.2 Å². The zero-order valence-electron chi connectivity index (χ0n) is 15.1. The third-order valence-electron chi connectivity index (χ3n) is 4.50. The minimum Gasteiger partial charge on any atom is -0.494 e. The fourth-order valence-corrected chi connectivity index (χ4v) is 2.91. The molecule has 1 fully saturated rings. The minimum absolute atomic E-state index is 0.0298. The van der Waals surface area contributed by atoms with Crippen LogP contribution in [0.3, 0.4) is 0 Å². The first-order chi connectivity index (χ1) is 12.5. The first kappa shape index (κ1) is 19.8. The lowest BCUT2D eigenvalue weighted by atomic mass is 9.96. The van der Waals surface area contributed by atoms with Gasteiger partial charge in [0.1, 0.15) is 5.75 Å². The van der Waals surface area contributed by atoms with E-state index in [0.717, 1.165) is 5.56 Å². The highest BCUT2D eigenvalue weighted by Crippen LogP contribution is 2.18. The van der Waals surface area contributed by atoms with Gasteiger partial charge in [-0.2, -0.15) is 0 Å². The molecule has 0 spiro atoms. The van der Waals surface area contributed by atoms with Crippen molar-refractivity contribution in [3.8, 4) is 5.75 Å². The molecule has 1 saturated heterocycles. The quantitative estimate of drug-likeness (QED) is 0.688. The number of nitrogens with one attached hydrogen (secondary N) is 1. The van der Waals surface area contributed by atoms with Crippen LogP contribution in [0.4, 0.5) is 0 Å². The van der Waals surface area contributed by atoms with Gasteiger partial charge in [0.05, 0.1) is 6.61 Å². The van der Waals surface area contributed by atoms with Gasteiger partial charge in [0, 0.05) is 38.9 Å². The molecule has 142 valence electrons. The number of hydrogen-bond donors (Lipinski definition) is 2. The predicted molar refractivity (Wildman–Crippen MR) is 95.6 cm³/mol. The third-order valence-corrected chi connectivity index (χ3v) is 4.50. The largest absolute Gasteiger partial charge is 0.494 e. The summed E-state index contributed by atoms with van der Waals surface area (Å²) in [6.07, 6.45) is 1.97. The molecule has 0 unspecified atom stereocenters. The number of ether oxygens (including phenoxy) is 1. The van der Waals surface area contributed by atoms with E-state index in [1.807, 2.05) is 24.3 Å². The molecular weight excluding hydrogens is 336 g/mol. The third kappa shape index (κ3) is 6.38. The predicted octanol–water partition coefficient (Wildman–Crippen LogP) is 1.80. The van der Waals surface area contributed by atoms with Crippen molar-refractivity contribution in [2.75, 3.05) is 19.7 Å². The summed E-state index contributed by atoms with van der Waals surface area (Å²) in [5.74, 6) is -0.0903. The zero-order valence-corrected chi connectivity index (χ0v) is 15.1. The smallest absolute Gasteiger partial charge is 0.303 e. The Morgan fingerprint density at radius 1 is 1.19 bits per heavy atom. The second-order valence-electron chi connectivity index (χ2n) is 6.49. The number of hydrogen-bond acceptors (Lipinski definition) is 4. The number of carboxylic acids is 1. The highest BCUT2D eigenvalue weighted by atomic mass is 16.5. The molecule has 1 aliphatic rings. The van der Waals surface area contributed by atoms with E-state index in [-0.39, 0.29) is 24.2 Å². The van der Waals surface area contributed by atoms with Crippen LogP contribution in [0.1, 0.15) is 38.2 Å². The lowest BCUT2D eigenvalue weighted by Crippen LogP contribution is -2.42. The van der Waals surface area contributed by atoms with Crippen LogP contribution >= 0.6 is 0 Å². The monoisotopic (exact) mass is 362 g/mol. The lowest BCUT2D eigenvalue weighted by Gasteiger charge is -2.30. The summed E-state index contributed by atoms with van der Waals surface area (Å²) in [7, 11) is 0. The van der Waals surface area contributed by atoms with E-state index >= 15 is 0 Å². The summed E-state index contributed by atoms with van der Waals surface area (Å²) in [4.78, 5) is 35.8. The van der Waals surface area contributed by atoms with Crippen LogP contribution in [-0.4, -0.2) is 47.5 Å². The summed E-state index contributed by atoms with van der Waals surface area (Å²) in [5.41, 5.74) is 0.970. The number of rotatable bonds is 8. The maximum Gasteiger partial charge on any atom is 0.303 e. The molecule has 1 heterocycles. The fourth-order valence-electron chi connectivity index (χ4n) is 2.91. The Bertz CT molecular complexity index is 621. The molecule has 7 heteroatoms. The number of likely N-dealkylation sites (tertiary alicyclic amines) is 1. The van der Waals surface area contributed by atoms with Crippen LogP contribution in [0, 0.1) is 5.92 Å². The Kier molecular flexibility index (Phi) is 7.44. The normalized spacial score (nSPS) is 14.7. The molecule has 1 aromatic carbocycles. The average Bonchev–Trinajstić information content (AvgIpc) is 2.64. The Morgan fingerprint density at radius 2 is 1.85 bits per heavy atom. The number of carboxylic acid groups (broad SMARTS) is 1. The van der Waals surface area contributed by atoms with E-state index in [0.29, 0.717) is 51.3 Å². The molecule has 0 aliphatic carbocycles. The summed E-state index contributed by atoms with van der Waals surface area (Å²) < 4.78 is 5.48. The van der Waals surface area contributed by atoms with Gasteiger partial charge < -0.3 is 20.1 Å². The zero-order chi connectivity index (χ0) is 18.9. The summed E-state index contributed by atoms with van der Waals surface area (Å²) in [6.45, 7) is 3.65. The van der Waals surface area contributed by atoms with Crippen molar-refractivity contribution in [2.24, 2.45) is 5.92 Å². The first-order valence-corrected chi connectivity index (χ1v) is 8.92. The molecule has 7 nitrogen and oxygen atoms in total. The molecule has 0 saturated carbocycles. The van der Waals surface area contributed by atoms with Crippen LogP contribution in [0.5, 0.6) is 5.75 Å². The van der Waals surface area contributed by atoms with Crippen LogP contribution in [0.15, 0.2) is 24.3 Å².